The molecule has 7 nitrogen and oxygen atoms in total. The molecule has 1 fully saturated rings. The monoisotopic (exact) mass is 358 g/mol. The molecule has 0 radical (unpaired) electrons. The van der Waals surface area contributed by atoms with E-state index in [1.165, 1.54) is 18.3 Å². The van der Waals surface area contributed by atoms with Crippen LogP contribution in [0.4, 0.5) is 14.6 Å². The van der Waals surface area contributed by atoms with Gasteiger partial charge in [0.05, 0.1) is 6.42 Å². The summed E-state index contributed by atoms with van der Waals surface area (Å²) in [6.07, 6.45) is -1.16. The smallest absolute Gasteiger partial charge is 0.280 e. The van der Waals surface area contributed by atoms with Gasteiger partial charge in [-0.1, -0.05) is 6.07 Å². The van der Waals surface area contributed by atoms with Crippen LogP contribution in [0, 0.1) is 11.3 Å². The second kappa shape index (κ2) is 7.82. The lowest BCUT2D eigenvalue weighted by Gasteiger charge is -2.35. The number of pyridine rings is 1. The molecule has 2 aromatic heterocycles. The van der Waals surface area contributed by atoms with Crippen LogP contribution in [0.3, 0.4) is 0 Å². The SMILES string of the molecule is N#Cc1ccc(N2CCN(C(=O)Cc3ccc(C(F)F)nc3)CC2)nn1. The molecule has 0 bridgehead atoms. The van der Waals surface area contributed by atoms with Gasteiger partial charge in [-0.3, -0.25) is 9.78 Å². The van der Waals surface area contributed by atoms with Crippen LogP contribution in [-0.4, -0.2) is 52.2 Å². The maximum atomic E-state index is 12.5. The summed E-state index contributed by atoms with van der Waals surface area (Å²) in [5, 5.41) is 16.6. The van der Waals surface area contributed by atoms with Gasteiger partial charge in [0.15, 0.2) is 11.5 Å². The van der Waals surface area contributed by atoms with Gasteiger partial charge in [-0.05, 0) is 23.8 Å². The van der Waals surface area contributed by atoms with Crippen LogP contribution in [0.2, 0.25) is 0 Å². The molecule has 3 rings (SSSR count). The minimum absolute atomic E-state index is 0.0674. The number of piperazine rings is 1. The maximum Gasteiger partial charge on any atom is 0.280 e. The van der Waals surface area contributed by atoms with Crippen LogP contribution in [0.15, 0.2) is 30.5 Å². The highest BCUT2D eigenvalue weighted by molar-refractivity contribution is 5.79. The summed E-state index contributed by atoms with van der Waals surface area (Å²) in [5.41, 5.74) is 0.576. The number of hydrogen-bond donors (Lipinski definition) is 0. The number of carbonyl (C=O) groups excluding carboxylic acids is 1. The lowest BCUT2D eigenvalue weighted by atomic mass is 10.1. The minimum Gasteiger partial charge on any atom is -0.352 e. The van der Waals surface area contributed by atoms with E-state index in [4.69, 9.17) is 5.26 Å². The number of amides is 1. The molecule has 0 spiro atoms. The molecule has 1 saturated heterocycles. The van der Waals surface area contributed by atoms with Gasteiger partial charge in [-0.25, -0.2) is 8.78 Å². The Balaban J connectivity index is 1.53. The Labute approximate surface area is 148 Å². The van der Waals surface area contributed by atoms with Crippen molar-refractivity contribution in [3.8, 4) is 6.07 Å². The van der Waals surface area contributed by atoms with E-state index in [0.717, 1.165) is 0 Å². The summed E-state index contributed by atoms with van der Waals surface area (Å²) in [5.74, 6) is 0.602. The van der Waals surface area contributed by atoms with Crippen molar-refractivity contribution in [1.82, 2.24) is 20.1 Å². The zero-order chi connectivity index (χ0) is 18.5. The predicted octanol–water partition coefficient (Wildman–Crippen LogP) is 1.57. The molecule has 134 valence electrons. The van der Waals surface area contributed by atoms with Crippen LogP contribution >= 0.6 is 0 Å². The van der Waals surface area contributed by atoms with Crippen LogP contribution < -0.4 is 4.90 Å². The standard InChI is InChI=1S/C17H16F2N6O/c18-17(19)14-3-1-12(11-21-14)9-16(26)25-7-5-24(6-8-25)15-4-2-13(10-20)22-23-15/h1-4,11,17H,5-9H2. The highest BCUT2D eigenvalue weighted by Crippen LogP contribution is 2.17. The van der Waals surface area contributed by atoms with Crippen molar-refractivity contribution in [3.63, 3.8) is 0 Å². The number of anilines is 1. The van der Waals surface area contributed by atoms with E-state index < -0.39 is 6.43 Å². The van der Waals surface area contributed by atoms with E-state index in [1.807, 2.05) is 11.0 Å². The van der Waals surface area contributed by atoms with E-state index in [0.29, 0.717) is 37.6 Å². The average molecular weight is 358 g/mol. The van der Waals surface area contributed by atoms with Gasteiger partial charge in [0.1, 0.15) is 11.8 Å². The fraction of sp³-hybridized carbons (Fsp3) is 0.353. The van der Waals surface area contributed by atoms with Gasteiger partial charge in [-0.2, -0.15) is 5.26 Å². The zero-order valence-corrected chi connectivity index (χ0v) is 13.8. The quantitative estimate of drug-likeness (QED) is 0.825. The van der Waals surface area contributed by atoms with Crippen LogP contribution in [-0.2, 0) is 11.2 Å². The minimum atomic E-state index is -2.61. The molecule has 1 aliphatic heterocycles. The highest BCUT2D eigenvalue weighted by atomic mass is 19.3. The number of nitrogens with zero attached hydrogens (tertiary/aromatic N) is 6. The van der Waals surface area contributed by atoms with Crippen molar-refractivity contribution in [3.05, 3.63) is 47.4 Å². The molecule has 1 aliphatic rings. The molecule has 0 aliphatic carbocycles. The maximum absolute atomic E-state index is 12.5. The Morgan fingerprint density at radius 2 is 1.92 bits per heavy atom. The summed E-state index contributed by atoms with van der Waals surface area (Å²) in [6, 6.07) is 8.02. The molecule has 0 N–H and O–H groups in total. The second-order valence-electron chi connectivity index (χ2n) is 5.83. The Morgan fingerprint density at radius 1 is 1.15 bits per heavy atom. The van der Waals surface area contributed by atoms with E-state index in [-0.39, 0.29) is 23.7 Å². The van der Waals surface area contributed by atoms with E-state index in [1.54, 1.807) is 17.0 Å². The molecule has 0 aromatic carbocycles. The molecular formula is C17H16F2N6O. The Bertz CT molecular complexity index is 795. The number of rotatable bonds is 4. The fourth-order valence-electron chi connectivity index (χ4n) is 2.69. The van der Waals surface area contributed by atoms with Crippen LogP contribution in [0.1, 0.15) is 23.4 Å². The molecule has 0 atom stereocenters. The van der Waals surface area contributed by atoms with Crippen LogP contribution in [0.25, 0.3) is 0 Å². The third-order valence-electron chi connectivity index (χ3n) is 4.15. The van der Waals surface area contributed by atoms with Gasteiger partial charge >= 0.3 is 0 Å². The molecule has 3 heterocycles. The Hall–Kier alpha value is -3.15. The van der Waals surface area contributed by atoms with Gasteiger partial charge in [-0.15, -0.1) is 10.2 Å². The third kappa shape index (κ3) is 4.08. The lowest BCUT2D eigenvalue weighted by Crippen LogP contribution is -2.49. The van der Waals surface area contributed by atoms with E-state index in [2.05, 4.69) is 15.2 Å². The first-order valence-electron chi connectivity index (χ1n) is 8.06. The zero-order valence-electron chi connectivity index (χ0n) is 13.8. The summed E-state index contributed by atoms with van der Waals surface area (Å²) in [4.78, 5) is 19.8. The number of hydrogen-bond acceptors (Lipinski definition) is 6. The fourth-order valence-corrected chi connectivity index (χ4v) is 2.69. The number of carbonyl (C=O) groups is 1. The molecular weight excluding hydrogens is 342 g/mol. The Morgan fingerprint density at radius 3 is 2.46 bits per heavy atom. The van der Waals surface area contributed by atoms with Crippen molar-refractivity contribution in [2.45, 2.75) is 12.8 Å². The molecule has 2 aromatic rings. The first-order chi connectivity index (χ1) is 12.6. The summed E-state index contributed by atoms with van der Waals surface area (Å²) < 4.78 is 25.0. The van der Waals surface area contributed by atoms with E-state index >= 15 is 0 Å². The number of nitriles is 1. The van der Waals surface area contributed by atoms with Crippen molar-refractivity contribution in [1.29, 1.82) is 5.26 Å². The molecule has 26 heavy (non-hydrogen) atoms. The van der Waals surface area contributed by atoms with Crippen molar-refractivity contribution in [2.24, 2.45) is 0 Å². The predicted molar refractivity (Wildman–Crippen MR) is 88.4 cm³/mol. The van der Waals surface area contributed by atoms with Crippen molar-refractivity contribution >= 4 is 11.7 Å². The van der Waals surface area contributed by atoms with Gasteiger partial charge in [0, 0.05) is 32.4 Å². The first kappa shape index (κ1) is 17.7. The van der Waals surface area contributed by atoms with Gasteiger partial charge in [0.2, 0.25) is 5.91 Å². The topological polar surface area (TPSA) is 86.0 Å². The number of aromatic nitrogens is 3. The van der Waals surface area contributed by atoms with E-state index in [9.17, 15) is 13.6 Å². The van der Waals surface area contributed by atoms with Gasteiger partial charge in [0.25, 0.3) is 6.43 Å². The third-order valence-corrected chi connectivity index (χ3v) is 4.15. The second-order valence-corrected chi connectivity index (χ2v) is 5.83. The molecule has 9 heteroatoms. The average Bonchev–Trinajstić information content (AvgIpc) is 2.68. The van der Waals surface area contributed by atoms with Gasteiger partial charge < -0.3 is 9.80 Å². The lowest BCUT2D eigenvalue weighted by molar-refractivity contribution is -0.130. The summed E-state index contributed by atoms with van der Waals surface area (Å²) >= 11 is 0. The highest BCUT2D eigenvalue weighted by Gasteiger charge is 2.22. The summed E-state index contributed by atoms with van der Waals surface area (Å²) in [7, 11) is 0. The largest absolute Gasteiger partial charge is 0.352 e. The molecule has 1 amide bonds. The van der Waals surface area contributed by atoms with Crippen molar-refractivity contribution < 1.29 is 13.6 Å². The number of alkyl halides is 2. The number of halogens is 2. The molecule has 0 unspecified atom stereocenters. The Kier molecular flexibility index (Phi) is 5.31. The normalized spacial score (nSPS) is 14.4. The summed E-state index contributed by atoms with van der Waals surface area (Å²) in [6.45, 7) is 2.27. The van der Waals surface area contributed by atoms with Crippen molar-refractivity contribution in [2.75, 3.05) is 31.1 Å². The molecule has 0 saturated carbocycles. The van der Waals surface area contributed by atoms with Crippen LogP contribution in [0.5, 0.6) is 0 Å². The first-order valence-corrected chi connectivity index (χ1v) is 8.06.